The van der Waals surface area contributed by atoms with Gasteiger partial charge in [0.25, 0.3) is 0 Å². The Morgan fingerprint density at radius 2 is 2.00 bits per heavy atom. The molecule has 3 rings (SSSR count). The third-order valence-electron chi connectivity index (χ3n) is 4.22. The van der Waals surface area contributed by atoms with Crippen LogP contribution in [0.15, 0.2) is 42.6 Å². The minimum Gasteiger partial charge on any atom is -0.462 e. The normalized spacial score (nSPS) is 11.5. The maximum atomic E-state index is 13.0. The number of anilines is 2. The van der Waals surface area contributed by atoms with Gasteiger partial charge < -0.3 is 10.1 Å². The lowest BCUT2D eigenvalue weighted by atomic mass is 10.1. The molecule has 0 radical (unpaired) electrons. The first-order chi connectivity index (χ1) is 13.2. The van der Waals surface area contributed by atoms with E-state index in [2.05, 4.69) is 10.3 Å². The van der Waals surface area contributed by atoms with E-state index in [4.69, 9.17) is 16.3 Å². The standard InChI is InChI=1S/C20H16ClF3N2O2/c1-3-28-19(27)14-10-25-17-9-12(20(22,23)24)7-8-13(17)18(14)26-16-6-4-5-15(21)11(16)2/h4-10H,3H2,1-2H3,(H,25,26). The highest BCUT2D eigenvalue weighted by Gasteiger charge is 2.31. The lowest BCUT2D eigenvalue weighted by Crippen LogP contribution is -2.10. The number of rotatable bonds is 4. The van der Waals surface area contributed by atoms with Crippen LogP contribution in [0.25, 0.3) is 10.9 Å². The third-order valence-corrected chi connectivity index (χ3v) is 4.63. The number of alkyl halides is 3. The van der Waals surface area contributed by atoms with Crippen LogP contribution in [0.1, 0.15) is 28.4 Å². The van der Waals surface area contributed by atoms with Crippen LogP contribution < -0.4 is 5.32 Å². The molecule has 0 atom stereocenters. The summed E-state index contributed by atoms with van der Waals surface area (Å²) in [7, 11) is 0. The maximum absolute atomic E-state index is 13.0. The van der Waals surface area contributed by atoms with E-state index in [1.807, 2.05) is 0 Å². The van der Waals surface area contributed by atoms with Crippen LogP contribution in [0.5, 0.6) is 0 Å². The van der Waals surface area contributed by atoms with Gasteiger partial charge in [-0.2, -0.15) is 13.2 Å². The molecule has 3 aromatic rings. The lowest BCUT2D eigenvalue weighted by molar-refractivity contribution is -0.137. The quantitative estimate of drug-likeness (QED) is 0.527. The molecule has 0 aliphatic heterocycles. The first-order valence-corrected chi connectivity index (χ1v) is 8.79. The van der Waals surface area contributed by atoms with Gasteiger partial charge in [0.1, 0.15) is 5.56 Å². The molecule has 146 valence electrons. The average molecular weight is 409 g/mol. The molecule has 0 aliphatic rings. The van der Waals surface area contributed by atoms with Crippen molar-refractivity contribution < 1.29 is 22.7 Å². The Hall–Kier alpha value is -2.80. The molecule has 1 N–H and O–H groups in total. The summed E-state index contributed by atoms with van der Waals surface area (Å²) in [5.74, 6) is -0.626. The topological polar surface area (TPSA) is 51.2 Å². The number of esters is 1. The van der Waals surface area contributed by atoms with Crippen molar-refractivity contribution in [1.29, 1.82) is 0 Å². The van der Waals surface area contributed by atoms with Crippen molar-refractivity contribution in [2.75, 3.05) is 11.9 Å². The molecule has 4 nitrogen and oxygen atoms in total. The highest BCUT2D eigenvalue weighted by atomic mass is 35.5. The molecule has 8 heteroatoms. The number of halogens is 4. The number of hydrogen-bond donors (Lipinski definition) is 1. The molecule has 2 aromatic carbocycles. The van der Waals surface area contributed by atoms with E-state index in [0.29, 0.717) is 21.8 Å². The van der Waals surface area contributed by atoms with E-state index in [1.54, 1.807) is 32.0 Å². The summed E-state index contributed by atoms with van der Waals surface area (Å²) in [4.78, 5) is 16.4. The van der Waals surface area contributed by atoms with Gasteiger partial charge >= 0.3 is 12.1 Å². The summed E-state index contributed by atoms with van der Waals surface area (Å²) in [5, 5.41) is 3.99. The number of carbonyl (C=O) groups excluding carboxylic acids is 1. The first kappa shape index (κ1) is 19.9. The summed E-state index contributed by atoms with van der Waals surface area (Å²) in [6, 6.07) is 8.39. The molecule has 0 aliphatic carbocycles. The number of benzene rings is 2. The summed E-state index contributed by atoms with van der Waals surface area (Å²) >= 11 is 6.15. The van der Waals surface area contributed by atoms with Gasteiger partial charge in [-0.15, -0.1) is 0 Å². The Kier molecular flexibility index (Phi) is 5.47. The zero-order chi connectivity index (χ0) is 20.5. The maximum Gasteiger partial charge on any atom is 0.416 e. The summed E-state index contributed by atoms with van der Waals surface area (Å²) in [5.41, 5.74) is 1.06. The molecular formula is C20H16ClF3N2O2. The van der Waals surface area contributed by atoms with Crippen LogP contribution in [0.3, 0.4) is 0 Å². The van der Waals surface area contributed by atoms with Gasteiger partial charge in [0.2, 0.25) is 0 Å². The fourth-order valence-electron chi connectivity index (χ4n) is 2.75. The van der Waals surface area contributed by atoms with E-state index in [-0.39, 0.29) is 17.7 Å². The Morgan fingerprint density at radius 1 is 1.25 bits per heavy atom. The Morgan fingerprint density at radius 3 is 2.68 bits per heavy atom. The molecule has 28 heavy (non-hydrogen) atoms. The highest BCUT2D eigenvalue weighted by molar-refractivity contribution is 6.31. The fraction of sp³-hybridized carbons (Fsp3) is 0.200. The third kappa shape index (κ3) is 3.89. The van der Waals surface area contributed by atoms with Crippen LogP contribution in [-0.4, -0.2) is 17.6 Å². The molecule has 0 saturated carbocycles. The van der Waals surface area contributed by atoms with E-state index in [9.17, 15) is 18.0 Å². The Bertz CT molecular complexity index is 1050. The van der Waals surface area contributed by atoms with Crippen LogP contribution in [0.2, 0.25) is 5.02 Å². The van der Waals surface area contributed by atoms with Gasteiger partial charge in [-0.3, -0.25) is 4.98 Å². The van der Waals surface area contributed by atoms with Crippen molar-refractivity contribution in [1.82, 2.24) is 4.98 Å². The van der Waals surface area contributed by atoms with Crippen molar-refractivity contribution in [2.45, 2.75) is 20.0 Å². The second-order valence-electron chi connectivity index (χ2n) is 6.03. The van der Waals surface area contributed by atoms with Crippen molar-refractivity contribution >= 4 is 39.8 Å². The van der Waals surface area contributed by atoms with Crippen molar-refractivity contribution in [3.63, 3.8) is 0 Å². The van der Waals surface area contributed by atoms with E-state index in [0.717, 1.165) is 17.7 Å². The largest absolute Gasteiger partial charge is 0.462 e. The number of ether oxygens (including phenoxy) is 1. The van der Waals surface area contributed by atoms with E-state index >= 15 is 0 Å². The monoisotopic (exact) mass is 408 g/mol. The second-order valence-corrected chi connectivity index (χ2v) is 6.44. The minimum absolute atomic E-state index is 0.102. The first-order valence-electron chi connectivity index (χ1n) is 8.41. The number of aromatic nitrogens is 1. The van der Waals surface area contributed by atoms with Gasteiger partial charge in [0.15, 0.2) is 0 Å². The summed E-state index contributed by atoms with van der Waals surface area (Å²) < 4.78 is 44.2. The highest BCUT2D eigenvalue weighted by Crippen LogP contribution is 2.36. The van der Waals surface area contributed by atoms with Crippen molar-refractivity contribution in [3.8, 4) is 0 Å². The van der Waals surface area contributed by atoms with Crippen molar-refractivity contribution in [3.05, 3.63) is 64.3 Å². The summed E-state index contributed by atoms with van der Waals surface area (Å²) in [6.07, 6.45) is -3.28. The Labute approximate surface area is 164 Å². The van der Waals surface area contributed by atoms with Crippen molar-refractivity contribution in [2.24, 2.45) is 0 Å². The van der Waals surface area contributed by atoms with Gasteiger partial charge in [0, 0.05) is 22.3 Å². The molecule has 0 spiro atoms. The molecule has 0 bridgehead atoms. The molecule has 0 unspecified atom stereocenters. The van der Waals surface area contributed by atoms with Gasteiger partial charge in [-0.05, 0) is 43.7 Å². The molecule has 1 aromatic heterocycles. The smallest absolute Gasteiger partial charge is 0.416 e. The number of nitrogens with zero attached hydrogens (tertiary/aromatic N) is 1. The van der Waals surface area contributed by atoms with Gasteiger partial charge in [-0.25, -0.2) is 4.79 Å². The number of carbonyl (C=O) groups is 1. The molecule has 0 saturated heterocycles. The minimum atomic E-state index is -4.49. The zero-order valence-electron chi connectivity index (χ0n) is 15.0. The van der Waals surface area contributed by atoms with Crippen LogP contribution in [0.4, 0.5) is 24.5 Å². The van der Waals surface area contributed by atoms with E-state index in [1.165, 1.54) is 12.3 Å². The SMILES string of the molecule is CCOC(=O)c1cnc2cc(C(F)(F)F)ccc2c1Nc1cccc(Cl)c1C. The van der Waals surface area contributed by atoms with Gasteiger partial charge in [0.05, 0.1) is 23.4 Å². The van der Waals surface area contributed by atoms with Gasteiger partial charge in [-0.1, -0.05) is 23.7 Å². The predicted molar refractivity (Wildman–Crippen MR) is 102 cm³/mol. The molecule has 0 amide bonds. The van der Waals surface area contributed by atoms with Crippen LogP contribution in [-0.2, 0) is 10.9 Å². The lowest BCUT2D eigenvalue weighted by Gasteiger charge is -2.17. The fourth-order valence-corrected chi connectivity index (χ4v) is 2.92. The predicted octanol–water partition coefficient (Wildman–Crippen LogP) is 6.14. The summed E-state index contributed by atoms with van der Waals surface area (Å²) in [6.45, 7) is 3.61. The molecule has 0 fully saturated rings. The number of fused-ring (bicyclic) bond motifs is 1. The molecule has 1 heterocycles. The number of nitrogens with one attached hydrogen (secondary N) is 1. The Balaban J connectivity index is 2.21. The van der Waals surface area contributed by atoms with Crippen LogP contribution in [0, 0.1) is 6.92 Å². The second kappa shape index (κ2) is 7.67. The molecular weight excluding hydrogens is 393 g/mol. The average Bonchev–Trinajstić information content (AvgIpc) is 2.64. The number of hydrogen-bond acceptors (Lipinski definition) is 4. The number of pyridine rings is 1. The zero-order valence-corrected chi connectivity index (χ0v) is 15.8. The van der Waals surface area contributed by atoms with Crippen LogP contribution >= 0.6 is 11.6 Å². The van der Waals surface area contributed by atoms with E-state index < -0.39 is 17.7 Å².